The second-order valence-electron chi connectivity index (χ2n) is 11.9. The number of hydrogen-bond donors (Lipinski definition) is 5. The van der Waals surface area contributed by atoms with E-state index in [1.165, 1.54) is 11.0 Å². The zero-order chi connectivity index (χ0) is 32.2. The fraction of sp³-hybridized carbons (Fsp3) is 0.424. The Hall–Kier alpha value is -4.19. The highest BCUT2D eigenvalue weighted by Gasteiger charge is 2.64. The number of nitrogens with zero attached hydrogens (tertiary/aromatic N) is 2. The molecule has 234 valence electrons. The number of phenols is 1. The number of carbonyl (C=O) groups excluding carboxylic acids is 3. The van der Waals surface area contributed by atoms with Crippen LogP contribution in [0.4, 0.5) is 0 Å². The number of Topliss-reactive ketones (excluding diaryl/α,β-unsaturated/α-hetero) is 2. The Morgan fingerprint density at radius 2 is 1.75 bits per heavy atom. The van der Waals surface area contributed by atoms with Crippen LogP contribution in [-0.2, 0) is 27.3 Å². The third-order valence-corrected chi connectivity index (χ3v) is 9.46. The molecule has 0 saturated heterocycles. The highest BCUT2D eigenvalue weighted by molar-refractivity contribution is 6.24. The molecular weight excluding hydrogens is 566 g/mol. The zero-order valence-electron chi connectivity index (χ0n) is 25.5. The molecule has 0 aromatic heterocycles. The molecule has 11 nitrogen and oxygen atoms in total. The topological polar surface area (TPSA) is 174 Å². The van der Waals surface area contributed by atoms with Crippen LogP contribution in [0.25, 0.3) is 16.9 Å². The van der Waals surface area contributed by atoms with Gasteiger partial charge in [-0.3, -0.25) is 24.2 Å². The Kier molecular flexibility index (Phi) is 8.08. The minimum Gasteiger partial charge on any atom is -0.508 e. The number of ketones is 2. The van der Waals surface area contributed by atoms with Crippen LogP contribution in [0.5, 0.6) is 11.5 Å². The number of methoxy groups -OCH3 is 1. The minimum absolute atomic E-state index is 0.0139. The Labute approximate surface area is 255 Å². The molecule has 2 aromatic carbocycles. The van der Waals surface area contributed by atoms with Crippen molar-refractivity contribution >= 4 is 23.2 Å². The first-order chi connectivity index (χ1) is 20.8. The summed E-state index contributed by atoms with van der Waals surface area (Å²) in [5.74, 6) is -6.24. The van der Waals surface area contributed by atoms with Crippen LogP contribution in [0.2, 0.25) is 0 Å². The SMILES string of the molecule is CCN(CC)Cc1ccc(OC)c(-c2ccc(O)c3c2CC2CC4C(N(C)C)C(=O)C(C(N)=O)=C(O)C4(O)C(=O)C2=C3O)c1. The van der Waals surface area contributed by atoms with E-state index >= 15 is 0 Å². The van der Waals surface area contributed by atoms with Crippen molar-refractivity contribution in [2.24, 2.45) is 17.6 Å². The van der Waals surface area contributed by atoms with Crippen molar-refractivity contribution in [1.82, 2.24) is 9.80 Å². The van der Waals surface area contributed by atoms with E-state index in [2.05, 4.69) is 18.7 Å². The standard InChI is InChI=1S/C33H39N3O8/c1-6-36(7-2)15-16-8-11-23(44-5)19(12-16)18-9-10-22(37)25-20(18)13-17-14-21-27(35(3)4)29(39)26(32(34)42)31(41)33(21,43)30(40)24(17)28(25)38/h8-12,17,21,27,37-38,41,43H,6-7,13-15H2,1-5H3,(H2,34,42). The lowest BCUT2D eigenvalue weighted by molar-refractivity contribution is -0.153. The normalized spacial score (nSPS) is 24.9. The van der Waals surface area contributed by atoms with Crippen molar-refractivity contribution in [3.63, 3.8) is 0 Å². The van der Waals surface area contributed by atoms with Gasteiger partial charge in [-0.15, -0.1) is 0 Å². The molecule has 1 fully saturated rings. The van der Waals surface area contributed by atoms with Crippen molar-refractivity contribution in [2.45, 2.75) is 44.9 Å². The third kappa shape index (κ3) is 4.58. The molecule has 0 radical (unpaired) electrons. The van der Waals surface area contributed by atoms with Gasteiger partial charge in [0.2, 0.25) is 5.78 Å². The van der Waals surface area contributed by atoms with Crippen molar-refractivity contribution in [3.8, 4) is 22.6 Å². The first kappa shape index (κ1) is 31.2. The fourth-order valence-electron chi connectivity index (χ4n) is 7.27. The van der Waals surface area contributed by atoms with E-state index < -0.39 is 58.0 Å². The Bertz CT molecular complexity index is 1620. The van der Waals surface area contributed by atoms with Crippen LogP contribution in [0.1, 0.15) is 37.0 Å². The molecule has 4 atom stereocenters. The maximum Gasteiger partial charge on any atom is 0.255 e. The van der Waals surface area contributed by atoms with Gasteiger partial charge in [-0.05, 0) is 80.8 Å². The number of aliphatic hydroxyl groups is 3. The summed E-state index contributed by atoms with van der Waals surface area (Å²) >= 11 is 0. The van der Waals surface area contributed by atoms with Gasteiger partial charge in [0, 0.05) is 23.6 Å². The van der Waals surface area contributed by atoms with Gasteiger partial charge in [0.1, 0.15) is 28.6 Å². The van der Waals surface area contributed by atoms with Gasteiger partial charge in [-0.1, -0.05) is 26.0 Å². The van der Waals surface area contributed by atoms with Crippen molar-refractivity contribution in [2.75, 3.05) is 34.3 Å². The maximum absolute atomic E-state index is 14.1. The average Bonchev–Trinajstić information content (AvgIpc) is 2.97. The number of nitrogens with two attached hydrogens (primary N) is 1. The van der Waals surface area contributed by atoms with E-state index in [-0.39, 0.29) is 29.7 Å². The monoisotopic (exact) mass is 605 g/mol. The lowest BCUT2D eigenvalue weighted by atomic mass is 9.57. The average molecular weight is 606 g/mol. The smallest absolute Gasteiger partial charge is 0.255 e. The molecule has 5 rings (SSSR count). The van der Waals surface area contributed by atoms with Crippen LogP contribution < -0.4 is 10.5 Å². The first-order valence-corrected chi connectivity index (χ1v) is 14.7. The number of aliphatic hydroxyl groups excluding tert-OH is 2. The largest absolute Gasteiger partial charge is 0.508 e. The number of amides is 1. The predicted molar refractivity (Wildman–Crippen MR) is 163 cm³/mol. The van der Waals surface area contributed by atoms with Gasteiger partial charge >= 0.3 is 0 Å². The minimum atomic E-state index is -2.68. The molecule has 44 heavy (non-hydrogen) atoms. The molecule has 1 amide bonds. The van der Waals surface area contributed by atoms with Crippen LogP contribution in [0, 0.1) is 11.8 Å². The van der Waals surface area contributed by atoms with Crippen molar-refractivity contribution in [3.05, 3.63) is 63.9 Å². The van der Waals surface area contributed by atoms with E-state index in [1.807, 2.05) is 18.2 Å². The summed E-state index contributed by atoms with van der Waals surface area (Å²) in [4.78, 5) is 43.4. The second kappa shape index (κ2) is 11.4. The summed E-state index contributed by atoms with van der Waals surface area (Å²) in [5, 5.41) is 45.5. The molecule has 3 aliphatic rings. The maximum atomic E-state index is 14.1. The van der Waals surface area contributed by atoms with Gasteiger partial charge in [-0.25, -0.2) is 0 Å². The number of fused-ring (bicyclic) bond motifs is 3. The lowest BCUT2D eigenvalue weighted by Crippen LogP contribution is -2.65. The van der Waals surface area contributed by atoms with E-state index in [4.69, 9.17) is 10.5 Å². The Morgan fingerprint density at radius 1 is 1.07 bits per heavy atom. The quantitative estimate of drug-likeness (QED) is 0.281. The fourth-order valence-corrected chi connectivity index (χ4v) is 7.27. The molecule has 2 aromatic rings. The molecule has 0 heterocycles. The summed E-state index contributed by atoms with van der Waals surface area (Å²) in [5.41, 5.74) is 4.79. The number of aromatic hydroxyl groups is 1. The van der Waals surface area contributed by atoms with Gasteiger partial charge in [0.25, 0.3) is 5.91 Å². The highest BCUT2D eigenvalue weighted by Crippen LogP contribution is 2.54. The van der Waals surface area contributed by atoms with Crippen LogP contribution in [-0.4, -0.2) is 93.6 Å². The number of benzene rings is 2. The Balaban J connectivity index is 1.70. The van der Waals surface area contributed by atoms with Gasteiger partial charge in [0.15, 0.2) is 11.4 Å². The zero-order valence-corrected chi connectivity index (χ0v) is 25.5. The van der Waals surface area contributed by atoms with Gasteiger partial charge in [0.05, 0.1) is 18.7 Å². The summed E-state index contributed by atoms with van der Waals surface area (Å²) in [6, 6.07) is 7.91. The van der Waals surface area contributed by atoms with Crippen LogP contribution in [0.15, 0.2) is 47.2 Å². The lowest BCUT2D eigenvalue weighted by Gasteiger charge is -2.50. The van der Waals surface area contributed by atoms with E-state index in [9.17, 15) is 34.8 Å². The molecule has 0 spiro atoms. The molecular formula is C33H39N3O8. The summed E-state index contributed by atoms with van der Waals surface area (Å²) in [6.45, 7) is 6.64. The van der Waals surface area contributed by atoms with E-state index in [0.717, 1.165) is 24.2 Å². The number of primary amides is 1. The molecule has 0 aliphatic heterocycles. The molecule has 4 unspecified atom stereocenters. The summed E-state index contributed by atoms with van der Waals surface area (Å²) in [7, 11) is 4.70. The number of carbonyl (C=O) groups is 3. The highest BCUT2D eigenvalue weighted by atomic mass is 16.5. The number of hydrogen-bond acceptors (Lipinski definition) is 10. The van der Waals surface area contributed by atoms with Crippen molar-refractivity contribution in [1.29, 1.82) is 0 Å². The second-order valence-corrected chi connectivity index (χ2v) is 11.9. The van der Waals surface area contributed by atoms with Crippen molar-refractivity contribution < 1.29 is 39.5 Å². The van der Waals surface area contributed by atoms with Gasteiger partial charge in [-0.2, -0.15) is 0 Å². The summed E-state index contributed by atoms with van der Waals surface area (Å²) in [6.07, 6.45) is 0.196. The number of likely N-dealkylation sites (N-methyl/N-ethyl adjacent to an activating group) is 1. The van der Waals surface area contributed by atoms with E-state index in [0.29, 0.717) is 23.4 Å². The van der Waals surface area contributed by atoms with E-state index in [1.54, 1.807) is 27.3 Å². The number of phenolic OH excluding ortho intramolecular Hbond substituents is 1. The number of rotatable bonds is 8. The van der Waals surface area contributed by atoms with Crippen LogP contribution >= 0.6 is 0 Å². The Morgan fingerprint density at radius 3 is 2.34 bits per heavy atom. The first-order valence-electron chi connectivity index (χ1n) is 14.7. The molecule has 0 bridgehead atoms. The predicted octanol–water partition coefficient (Wildman–Crippen LogP) is 2.48. The number of ether oxygens (including phenoxy) is 1. The third-order valence-electron chi connectivity index (χ3n) is 9.46. The summed E-state index contributed by atoms with van der Waals surface area (Å²) < 4.78 is 5.71. The van der Waals surface area contributed by atoms with Crippen LogP contribution in [0.3, 0.4) is 0 Å². The molecule has 6 N–H and O–H groups in total. The molecule has 3 aliphatic carbocycles. The van der Waals surface area contributed by atoms with Gasteiger partial charge < -0.3 is 30.9 Å². The molecule has 11 heteroatoms. The molecule has 1 saturated carbocycles.